The second-order valence-electron chi connectivity index (χ2n) is 8.03. The lowest BCUT2D eigenvalue weighted by Crippen LogP contribution is -2.02. The van der Waals surface area contributed by atoms with E-state index in [2.05, 4.69) is 97.1 Å². The van der Waals surface area contributed by atoms with Crippen LogP contribution in [-0.4, -0.2) is 14.2 Å². The van der Waals surface area contributed by atoms with Crippen molar-refractivity contribution in [1.82, 2.24) is 0 Å². The fourth-order valence-electron chi connectivity index (χ4n) is 4.63. The van der Waals surface area contributed by atoms with Crippen molar-refractivity contribution < 1.29 is 9.47 Å². The third kappa shape index (κ3) is 3.84. The third-order valence-corrected chi connectivity index (χ3v) is 6.07. The molecule has 0 saturated carbocycles. The van der Waals surface area contributed by atoms with Crippen molar-refractivity contribution in [2.24, 2.45) is 0 Å². The molecule has 34 heavy (non-hydrogen) atoms. The average Bonchev–Trinajstić information content (AvgIpc) is 2.93. The summed E-state index contributed by atoms with van der Waals surface area (Å²) in [6.07, 6.45) is 0. The summed E-state index contributed by atoms with van der Waals surface area (Å²) in [5, 5.41) is 0. The van der Waals surface area contributed by atoms with Crippen molar-refractivity contribution in [2.75, 3.05) is 14.2 Å². The van der Waals surface area contributed by atoms with Crippen LogP contribution in [0, 0.1) is 0 Å². The lowest BCUT2D eigenvalue weighted by atomic mass is 9.83. The van der Waals surface area contributed by atoms with Crippen molar-refractivity contribution in [3.05, 3.63) is 121 Å². The van der Waals surface area contributed by atoms with Crippen LogP contribution in [0.3, 0.4) is 0 Å². The second-order valence-corrected chi connectivity index (χ2v) is 8.03. The zero-order chi connectivity index (χ0) is 23.3. The minimum absolute atomic E-state index is 0.830. The van der Waals surface area contributed by atoms with Gasteiger partial charge >= 0.3 is 0 Å². The summed E-state index contributed by atoms with van der Waals surface area (Å²) in [7, 11) is 3.51. The number of hydrogen-bond acceptors (Lipinski definition) is 2. The number of benzene rings is 5. The van der Waals surface area contributed by atoms with Crippen molar-refractivity contribution in [2.45, 2.75) is 0 Å². The summed E-state index contributed by atoms with van der Waals surface area (Å²) in [6.45, 7) is 0. The molecule has 0 aromatic heterocycles. The van der Waals surface area contributed by atoms with Gasteiger partial charge in [-0.05, 0) is 22.3 Å². The molecule has 0 spiro atoms. The molecule has 0 aliphatic rings. The van der Waals surface area contributed by atoms with Crippen LogP contribution in [0.2, 0.25) is 0 Å². The van der Waals surface area contributed by atoms with E-state index in [-0.39, 0.29) is 0 Å². The van der Waals surface area contributed by atoms with Crippen molar-refractivity contribution in [1.29, 1.82) is 0 Å². The monoisotopic (exact) mass is 442 g/mol. The molecule has 0 amide bonds. The molecule has 2 nitrogen and oxygen atoms in total. The molecule has 0 aliphatic heterocycles. The first-order valence-electron chi connectivity index (χ1n) is 11.4. The van der Waals surface area contributed by atoms with E-state index in [1.807, 2.05) is 24.3 Å². The molecule has 0 radical (unpaired) electrons. The van der Waals surface area contributed by atoms with Crippen LogP contribution in [-0.2, 0) is 0 Å². The molecule has 0 fully saturated rings. The summed E-state index contributed by atoms with van der Waals surface area (Å²) in [5.74, 6) is 1.66. The third-order valence-electron chi connectivity index (χ3n) is 6.07. The lowest BCUT2D eigenvalue weighted by molar-refractivity contribution is 0.408. The minimum atomic E-state index is 0.830. The molecule has 0 saturated heterocycles. The summed E-state index contributed by atoms with van der Waals surface area (Å²) >= 11 is 0. The van der Waals surface area contributed by atoms with Crippen LogP contribution >= 0.6 is 0 Å². The summed E-state index contributed by atoms with van der Waals surface area (Å²) < 4.78 is 12.5. The fourth-order valence-corrected chi connectivity index (χ4v) is 4.63. The van der Waals surface area contributed by atoms with Gasteiger partial charge in [0.25, 0.3) is 0 Å². The topological polar surface area (TPSA) is 18.5 Å². The SMILES string of the molecule is COc1c(-c2ccccc2)c(-c2ccccc2)c(OC)c(-c2ccccc2)c1-c1ccccc1. The van der Waals surface area contributed by atoms with Crippen LogP contribution in [0.15, 0.2) is 121 Å². The molecule has 0 bridgehead atoms. The standard InChI is InChI=1S/C32H26O2/c1-33-31-27(23-15-7-3-8-16-23)29(25-19-11-5-12-20-25)32(34-2)30(26-21-13-6-14-22-26)28(31)24-17-9-4-10-18-24/h3-22H,1-2H3. The number of rotatable bonds is 6. The smallest absolute Gasteiger partial charge is 0.136 e. The van der Waals surface area contributed by atoms with Crippen LogP contribution in [0.4, 0.5) is 0 Å². The second kappa shape index (κ2) is 9.68. The molecule has 166 valence electrons. The molecular weight excluding hydrogens is 416 g/mol. The maximum absolute atomic E-state index is 6.25. The highest BCUT2D eigenvalue weighted by molar-refractivity contribution is 6.05. The average molecular weight is 443 g/mol. The summed E-state index contributed by atoms with van der Waals surface area (Å²) in [5.41, 5.74) is 8.38. The minimum Gasteiger partial charge on any atom is -0.495 e. The molecule has 0 aliphatic carbocycles. The predicted molar refractivity (Wildman–Crippen MR) is 141 cm³/mol. The Kier molecular flexibility index (Phi) is 6.13. The Hall–Kier alpha value is -4.30. The Balaban J connectivity index is 2.03. The van der Waals surface area contributed by atoms with Gasteiger partial charge in [0, 0.05) is 22.3 Å². The molecular formula is C32H26O2. The van der Waals surface area contributed by atoms with E-state index in [0.717, 1.165) is 56.0 Å². The van der Waals surface area contributed by atoms with Gasteiger partial charge in [0.1, 0.15) is 11.5 Å². The summed E-state index contributed by atoms with van der Waals surface area (Å²) in [4.78, 5) is 0. The first-order chi connectivity index (χ1) is 16.8. The summed E-state index contributed by atoms with van der Waals surface area (Å²) in [6, 6.07) is 41.6. The number of hydrogen-bond donors (Lipinski definition) is 0. The highest BCUT2D eigenvalue weighted by Gasteiger charge is 2.28. The molecule has 0 heterocycles. The van der Waals surface area contributed by atoms with E-state index in [1.165, 1.54) is 0 Å². The molecule has 0 unspecified atom stereocenters. The zero-order valence-electron chi connectivity index (χ0n) is 19.4. The van der Waals surface area contributed by atoms with Gasteiger partial charge in [-0.2, -0.15) is 0 Å². The van der Waals surface area contributed by atoms with E-state index >= 15 is 0 Å². The maximum atomic E-state index is 6.25. The van der Waals surface area contributed by atoms with Gasteiger partial charge in [0.15, 0.2) is 0 Å². The maximum Gasteiger partial charge on any atom is 0.136 e. The van der Waals surface area contributed by atoms with E-state index in [1.54, 1.807) is 14.2 Å². The van der Waals surface area contributed by atoms with Gasteiger partial charge in [-0.15, -0.1) is 0 Å². The van der Waals surface area contributed by atoms with Crippen LogP contribution in [0.1, 0.15) is 0 Å². The predicted octanol–water partition coefficient (Wildman–Crippen LogP) is 8.37. The molecule has 5 aromatic rings. The van der Waals surface area contributed by atoms with E-state index in [4.69, 9.17) is 9.47 Å². The highest BCUT2D eigenvalue weighted by atomic mass is 16.5. The van der Waals surface area contributed by atoms with Crippen LogP contribution in [0.5, 0.6) is 11.5 Å². The first-order valence-corrected chi connectivity index (χ1v) is 11.4. The van der Waals surface area contributed by atoms with Gasteiger partial charge in [-0.3, -0.25) is 0 Å². The van der Waals surface area contributed by atoms with Crippen molar-refractivity contribution in [3.8, 4) is 56.0 Å². The lowest BCUT2D eigenvalue weighted by Gasteiger charge is -2.26. The largest absolute Gasteiger partial charge is 0.495 e. The quantitative estimate of drug-likeness (QED) is 0.263. The van der Waals surface area contributed by atoms with Crippen LogP contribution < -0.4 is 9.47 Å². The van der Waals surface area contributed by atoms with Gasteiger partial charge < -0.3 is 9.47 Å². The van der Waals surface area contributed by atoms with Crippen molar-refractivity contribution >= 4 is 0 Å². The molecule has 5 aromatic carbocycles. The number of methoxy groups -OCH3 is 2. The van der Waals surface area contributed by atoms with E-state index in [0.29, 0.717) is 0 Å². The Morgan fingerprint density at radius 2 is 0.529 bits per heavy atom. The van der Waals surface area contributed by atoms with Gasteiger partial charge in [-0.25, -0.2) is 0 Å². The van der Waals surface area contributed by atoms with Crippen LogP contribution in [0.25, 0.3) is 44.5 Å². The van der Waals surface area contributed by atoms with Gasteiger partial charge in [0.2, 0.25) is 0 Å². The fraction of sp³-hybridized carbons (Fsp3) is 0.0625. The molecule has 2 heteroatoms. The van der Waals surface area contributed by atoms with E-state index in [9.17, 15) is 0 Å². The van der Waals surface area contributed by atoms with Crippen molar-refractivity contribution in [3.63, 3.8) is 0 Å². The first kappa shape index (κ1) is 21.5. The Bertz CT molecular complexity index is 1160. The highest BCUT2D eigenvalue weighted by Crippen LogP contribution is 2.55. The Morgan fingerprint density at radius 3 is 0.706 bits per heavy atom. The molecule has 0 N–H and O–H groups in total. The zero-order valence-corrected chi connectivity index (χ0v) is 19.4. The molecule has 0 atom stereocenters. The normalized spacial score (nSPS) is 10.6. The van der Waals surface area contributed by atoms with Gasteiger partial charge in [-0.1, -0.05) is 121 Å². The van der Waals surface area contributed by atoms with E-state index < -0.39 is 0 Å². The Labute approximate surface area is 201 Å². The molecule has 5 rings (SSSR count). The Morgan fingerprint density at radius 1 is 0.324 bits per heavy atom. The van der Waals surface area contributed by atoms with Gasteiger partial charge in [0.05, 0.1) is 14.2 Å². The number of ether oxygens (including phenoxy) is 2.